The third kappa shape index (κ3) is 1.55. The van der Waals surface area contributed by atoms with Gasteiger partial charge in [0.15, 0.2) is 0 Å². The van der Waals surface area contributed by atoms with Gasteiger partial charge in [-0.3, -0.25) is 0 Å². The summed E-state index contributed by atoms with van der Waals surface area (Å²) in [5.74, 6) is 4.31. The Kier molecular flexibility index (Phi) is 2.62. The highest BCUT2D eigenvalue weighted by Gasteiger charge is 2.53. The number of hydrogen-bond donors (Lipinski definition) is 0. The van der Waals surface area contributed by atoms with Crippen LogP contribution in [0.1, 0.15) is 40.0 Å². The van der Waals surface area contributed by atoms with Crippen molar-refractivity contribution in [1.29, 1.82) is 0 Å². The second-order valence-electron chi connectivity index (χ2n) is 6.42. The zero-order valence-corrected chi connectivity index (χ0v) is 10.7. The van der Waals surface area contributed by atoms with Gasteiger partial charge in [0.25, 0.3) is 0 Å². The summed E-state index contributed by atoms with van der Waals surface area (Å²) < 4.78 is 6.28. The lowest BCUT2D eigenvalue weighted by molar-refractivity contribution is -0.0631. The van der Waals surface area contributed by atoms with Crippen LogP contribution in [0.3, 0.4) is 0 Å². The van der Waals surface area contributed by atoms with E-state index in [0.717, 1.165) is 23.7 Å². The van der Waals surface area contributed by atoms with Crippen LogP contribution >= 0.6 is 0 Å². The fourth-order valence-electron chi connectivity index (χ4n) is 4.07. The van der Waals surface area contributed by atoms with Crippen molar-refractivity contribution in [2.45, 2.75) is 52.2 Å². The van der Waals surface area contributed by atoms with Crippen LogP contribution in [-0.2, 0) is 4.74 Å². The quantitative estimate of drug-likeness (QED) is 0.660. The van der Waals surface area contributed by atoms with E-state index >= 15 is 0 Å². The summed E-state index contributed by atoms with van der Waals surface area (Å²) in [5.41, 5.74) is 0. The number of allylic oxidation sites excluding steroid dienone is 2. The molecular weight excluding hydrogens is 196 g/mol. The van der Waals surface area contributed by atoms with E-state index in [1.807, 2.05) is 0 Å². The molecule has 3 rings (SSSR count). The van der Waals surface area contributed by atoms with E-state index in [2.05, 4.69) is 32.9 Å². The Balaban J connectivity index is 1.65. The van der Waals surface area contributed by atoms with Crippen LogP contribution in [0.4, 0.5) is 0 Å². The zero-order valence-electron chi connectivity index (χ0n) is 10.7. The number of ether oxygens (including phenoxy) is 1. The fraction of sp³-hybridized carbons (Fsp3) is 0.867. The molecule has 1 nitrogen and oxygen atoms in total. The van der Waals surface area contributed by atoms with Gasteiger partial charge in [-0.2, -0.15) is 0 Å². The molecule has 0 aliphatic heterocycles. The third-order valence-corrected chi connectivity index (χ3v) is 5.28. The molecule has 0 spiro atoms. The topological polar surface area (TPSA) is 9.23 Å². The van der Waals surface area contributed by atoms with Gasteiger partial charge in [-0.25, -0.2) is 0 Å². The van der Waals surface area contributed by atoms with Gasteiger partial charge in [0, 0.05) is 0 Å². The number of fused-ring (bicyclic) bond motifs is 5. The van der Waals surface area contributed by atoms with E-state index in [-0.39, 0.29) is 0 Å². The molecule has 2 bridgehead atoms. The highest BCUT2D eigenvalue weighted by atomic mass is 16.5. The Morgan fingerprint density at radius 2 is 1.94 bits per heavy atom. The summed E-state index contributed by atoms with van der Waals surface area (Å²) in [6.45, 7) is 6.75. The molecule has 6 unspecified atom stereocenters. The van der Waals surface area contributed by atoms with Gasteiger partial charge in [-0.05, 0) is 55.8 Å². The molecule has 0 amide bonds. The first-order chi connectivity index (χ1) is 7.66. The summed E-state index contributed by atoms with van der Waals surface area (Å²) in [6, 6.07) is 0. The minimum Gasteiger partial charge on any atom is -0.375 e. The van der Waals surface area contributed by atoms with E-state index in [0.29, 0.717) is 18.1 Å². The molecule has 2 fully saturated rings. The van der Waals surface area contributed by atoms with Gasteiger partial charge in [0.2, 0.25) is 0 Å². The summed E-state index contributed by atoms with van der Waals surface area (Å²) in [7, 11) is 0. The molecule has 90 valence electrons. The van der Waals surface area contributed by atoms with Crippen molar-refractivity contribution in [3.05, 3.63) is 12.2 Å². The van der Waals surface area contributed by atoms with Gasteiger partial charge < -0.3 is 4.74 Å². The minimum atomic E-state index is 0.424. The maximum absolute atomic E-state index is 6.28. The first-order valence-corrected chi connectivity index (χ1v) is 6.99. The summed E-state index contributed by atoms with van der Waals surface area (Å²) in [4.78, 5) is 0. The zero-order chi connectivity index (χ0) is 11.3. The lowest BCUT2D eigenvalue weighted by atomic mass is 9.80. The molecule has 0 heterocycles. The van der Waals surface area contributed by atoms with Crippen molar-refractivity contribution in [2.75, 3.05) is 0 Å². The van der Waals surface area contributed by atoms with Gasteiger partial charge in [0.05, 0.1) is 12.2 Å². The molecule has 0 aromatic heterocycles. The van der Waals surface area contributed by atoms with E-state index in [9.17, 15) is 0 Å². The SMILES string of the molecule is CC(C)C(C)OC1CC2CC1C1C=CCC21. The molecule has 3 aliphatic carbocycles. The van der Waals surface area contributed by atoms with Crippen molar-refractivity contribution in [1.82, 2.24) is 0 Å². The molecule has 16 heavy (non-hydrogen) atoms. The fourth-order valence-corrected chi connectivity index (χ4v) is 4.07. The van der Waals surface area contributed by atoms with Crippen LogP contribution in [0.2, 0.25) is 0 Å². The first kappa shape index (κ1) is 10.8. The predicted molar refractivity (Wildman–Crippen MR) is 66.1 cm³/mol. The molecule has 0 radical (unpaired) electrons. The normalized spacial score (nSPS) is 46.6. The smallest absolute Gasteiger partial charge is 0.0615 e. The maximum Gasteiger partial charge on any atom is 0.0615 e. The van der Waals surface area contributed by atoms with Gasteiger partial charge in [0.1, 0.15) is 0 Å². The van der Waals surface area contributed by atoms with Crippen LogP contribution in [0.25, 0.3) is 0 Å². The summed E-state index contributed by atoms with van der Waals surface area (Å²) in [6.07, 6.45) is 9.99. The lowest BCUT2D eigenvalue weighted by Gasteiger charge is -2.33. The van der Waals surface area contributed by atoms with Crippen molar-refractivity contribution in [3.8, 4) is 0 Å². The first-order valence-electron chi connectivity index (χ1n) is 6.99. The van der Waals surface area contributed by atoms with Crippen LogP contribution in [0.15, 0.2) is 12.2 Å². The molecule has 0 aromatic carbocycles. The van der Waals surface area contributed by atoms with Crippen LogP contribution < -0.4 is 0 Å². The molecule has 2 saturated carbocycles. The minimum absolute atomic E-state index is 0.424. The standard InChI is InChI=1S/C15H24O/c1-9(2)10(3)16-15-8-11-7-14(15)13-6-4-5-12(11)13/h4,6,9-15H,5,7-8H2,1-3H3. The van der Waals surface area contributed by atoms with Gasteiger partial charge >= 0.3 is 0 Å². The predicted octanol–water partition coefficient (Wildman–Crippen LogP) is 3.65. The van der Waals surface area contributed by atoms with E-state index < -0.39 is 0 Å². The second-order valence-corrected chi connectivity index (χ2v) is 6.42. The Bertz CT molecular complexity index is 294. The van der Waals surface area contributed by atoms with Crippen LogP contribution in [-0.4, -0.2) is 12.2 Å². The maximum atomic E-state index is 6.28. The Labute approximate surface area is 99.3 Å². The largest absolute Gasteiger partial charge is 0.375 e. The third-order valence-electron chi connectivity index (χ3n) is 5.28. The van der Waals surface area contributed by atoms with E-state index in [4.69, 9.17) is 4.74 Å². The molecule has 6 atom stereocenters. The van der Waals surface area contributed by atoms with Crippen molar-refractivity contribution in [2.24, 2.45) is 29.6 Å². The van der Waals surface area contributed by atoms with Crippen molar-refractivity contribution in [3.63, 3.8) is 0 Å². The van der Waals surface area contributed by atoms with E-state index in [1.54, 1.807) is 0 Å². The lowest BCUT2D eigenvalue weighted by Crippen LogP contribution is -2.34. The number of rotatable bonds is 3. The summed E-state index contributed by atoms with van der Waals surface area (Å²) in [5, 5.41) is 0. The molecular formula is C15H24O. The molecule has 0 saturated heterocycles. The van der Waals surface area contributed by atoms with Crippen LogP contribution in [0.5, 0.6) is 0 Å². The van der Waals surface area contributed by atoms with Crippen molar-refractivity contribution >= 4 is 0 Å². The molecule has 0 aromatic rings. The van der Waals surface area contributed by atoms with Crippen LogP contribution in [0, 0.1) is 29.6 Å². The Morgan fingerprint density at radius 1 is 1.12 bits per heavy atom. The molecule has 3 aliphatic rings. The van der Waals surface area contributed by atoms with E-state index in [1.165, 1.54) is 19.3 Å². The second kappa shape index (κ2) is 3.87. The molecule has 1 heteroatoms. The Hall–Kier alpha value is -0.300. The average molecular weight is 220 g/mol. The van der Waals surface area contributed by atoms with Crippen molar-refractivity contribution < 1.29 is 4.74 Å². The van der Waals surface area contributed by atoms with Gasteiger partial charge in [-0.1, -0.05) is 26.0 Å². The Morgan fingerprint density at radius 3 is 2.69 bits per heavy atom. The highest BCUT2D eigenvalue weighted by Crippen LogP contribution is 2.57. The molecule has 0 N–H and O–H groups in total. The average Bonchev–Trinajstić information content (AvgIpc) is 2.87. The summed E-state index contributed by atoms with van der Waals surface area (Å²) >= 11 is 0. The monoisotopic (exact) mass is 220 g/mol. The van der Waals surface area contributed by atoms with Gasteiger partial charge in [-0.15, -0.1) is 0 Å². The number of hydrogen-bond acceptors (Lipinski definition) is 1. The highest BCUT2D eigenvalue weighted by molar-refractivity contribution is 5.14.